The number of rotatable bonds is 8. The van der Waals surface area contributed by atoms with Crippen LogP contribution >= 0.6 is 0 Å². The zero-order valence-electron chi connectivity index (χ0n) is 11.3. The third kappa shape index (κ3) is 5.30. The molecular weight excluding hydrogens is 222 g/mol. The molecule has 0 aliphatic rings. The molecule has 0 fully saturated rings. The zero-order valence-corrected chi connectivity index (χ0v) is 12.1. The molecule has 0 aromatic rings. The molecule has 0 aliphatic carbocycles. The Morgan fingerprint density at radius 1 is 1.12 bits per heavy atom. The lowest BCUT2D eigenvalue weighted by atomic mass is 10.2. The van der Waals surface area contributed by atoms with E-state index in [0.29, 0.717) is 0 Å². The highest BCUT2D eigenvalue weighted by molar-refractivity contribution is 7.92. The Labute approximate surface area is 101 Å². The maximum absolute atomic E-state index is 12.1. The SMILES string of the molecule is CCCC(CS(=O)(=O)C(C)C(C)C)NCC. The average Bonchev–Trinajstić information content (AvgIpc) is 2.16. The fourth-order valence-corrected chi connectivity index (χ4v) is 3.71. The molecule has 0 aromatic heterocycles. The smallest absolute Gasteiger partial charge is 0.154 e. The van der Waals surface area contributed by atoms with Crippen LogP contribution in [0, 0.1) is 5.92 Å². The van der Waals surface area contributed by atoms with Crippen LogP contribution < -0.4 is 5.32 Å². The van der Waals surface area contributed by atoms with Gasteiger partial charge in [0.05, 0.1) is 11.0 Å². The Morgan fingerprint density at radius 3 is 2.06 bits per heavy atom. The molecule has 0 saturated carbocycles. The molecule has 1 N–H and O–H groups in total. The van der Waals surface area contributed by atoms with Gasteiger partial charge in [0.25, 0.3) is 0 Å². The number of hydrogen-bond acceptors (Lipinski definition) is 3. The van der Waals surface area contributed by atoms with E-state index in [1.54, 1.807) is 0 Å². The molecule has 0 rings (SSSR count). The van der Waals surface area contributed by atoms with Gasteiger partial charge in [-0.05, 0) is 25.8 Å². The summed E-state index contributed by atoms with van der Waals surface area (Å²) in [6, 6.07) is 0.112. The molecule has 0 aromatic carbocycles. The fourth-order valence-electron chi connectivity index (χ4n) is 1.73. The maximum Gasteiger partial charge on any atom is 0.154 e. The average molecular weight is 249 g/mol. The normalized spacial score (nSPS) is 16.4. The molecule has 0 amide bonds. The molecule has 0 radical (unpaired) electrons. The largest absolute Gasteiger partial charge is 0.313 e. The third-order valence-corrected chi connectivity index (χ3v) is 5.61. The van der Waals surface area contributed by atoms with Crippen LogP contribution in [0.5, 0.6) is 0 Å². The zero-order chi connectivity index (χ0) is 12.8. The van der Waals surface area contributed by atoms with E-state index in [-0.39, 0.29) is 23.0 Å². The van der Waals surface area contributed by atoms with E-state index in [0.717, 1.165) is 19.4 Å². The Hall–Kier alpha value is -0.0900. The highest BCUT2D eigenvalue weighted by atomic mass is 32.2. The van der Waals surface area contributed by atoms with Crippen LogP contribution in [0.3, 0.4) is 0 Å². The molecule has 4 heteroatoms. The summed E-state index contributed by atoms with van der Waals surface area (Å²) in [6.45, 7) is 10.7. The minimum atomic E-state index is -2.97. The summed E-state index contributed by atoms with van der Waals surface area (Å²) in [4.78, 5) is 0. The van der Waals surface area contributed by atoms with Crippen molar-refractivity contribution in [3.63, 3.8) is 0 Å². The molecule has 0 spiro atoms. The van der Waals surface area contributed by atoms with Crippen molar-refractivity contribution in [2.45, 2.75) is 58.8 Å². The van der Waals surface area contributed by atoms with E-state index < -0.39 is 9.84 Å². The summed E-state index contributed by atoms with van der Waals surface area (Å²) in [5.41, 5.74) is 0. The van der Waals surface area contributed by atoms with Crippen molar-refractivity contribution in [3.05, 3.63) is 0 Å². The quantitative estimate of drug-likeness (QED) is 0.717. The first-order valence-corrected chi connectivity index (χ1v) is 8.01. The van der Waals surface area contributed by atoms with E-state index in [1.165, 1.54) is 0 Å². The first-order valence-electron chi connectivity index (χ1n) is 6.30. The number of nitrogens with one attached hydrogen (secondary N) is 1. The van der Waals surface area contributed by atoms with E-state index in [4.69, 9.17) is 0 Å². The van der Waals surface area contributed by atoms with Crippen LogP contribution in [-0.2, 0) is 9.84 Å². The molecule has 0 saturated heterocycles. The van der Waals surface area contributed by atoms with Gasteiger partial charge in [0, 0.05) is 6.04 Å². The van der Waals surface area contributed by atoms with Gasteiger partial charge >= 0.3 is 0 Å². The van der Waals surface area contributed by atoms with Gasteiger partial charge in [0.15, 0.2) is 9.84 Å². The van der Waals surface area contributed by atoms with Crippen LogP contribution in [0.2, 0.25) is 0 Å². The Bertz CT molecular complexity index is 267. The van der Waals surface area contributed by atoms with Crippen molar-refractivity contribution in [1.29, 1.82) is 0 Å². The van der Waals surface area contributed by atoms with Gasteiger partial charge in [-0.25, -0.2) is 8.42 Å². The monoisotopic (exact) mass is 249 g/mol. The number of hydrogen-bond donors (Lipinski definition) is 1. The van der Waals surface area contributed by atoms with Crippen molar-refractivity contribution in [2.75, 3.05) is 12.3 Å². The molecule has 0 bridgehead atoms. The van der Waals surface area contributed by atoms with Gasteiger partial charge in [-0.15, -0.1) is 0 Å². The Kier molecular flexibility index (Phi) is 7.24. The maximum atomic E-state index is 12.1. The molecule has 0 aliphatic heterocycles. The molecule has 2 atom stereocenters. The van der Waals surface area contributed by atoms with E-state index in [1.807, 2.05) is 27.7 Å². The summed E-state index contributed by atoms with van der Waals surface area (Å²) in [7, 11) is -2.97. The van der Waals surface area contributed by atoms with Gasteiger partial charge in [0.1, 0.15) is 0 Å². The third-order valence-electron chi connectivity index (χ3n) is 3.07. The molecular formula is C12H27NO2S. The van der Waals surface area contributed by atoms with Crippen LogP contribution in [-0.4, -0.2) is 32.0 Å². The molecule has 3 nitrogen and oxygen atoms in total. The lowest BCUT2D eigenvalue weighted by molar-refractivity contribution is 0.499. The van der Waals surface area contributed by atoms with Crippen LogP contribution in [0.1, 0.15) is 47.5 Å². The molecule has 0 heterocycles. The minimum absolute atomic E-state index is 0.112. The predicted octanol–water partition coefficient (Wildman–Crippen LogP) is 2.22. The van der Waals surface area contributed by atoms with Gasteiger partial charge < -0.3 is 5.32 Å². The van der Waals surface area contributed by atoms with Crippen molar-refractivity contribution in [2.24, 2.45) is 5.92 Å². The van der Waals surface area contributed by atoms with E-state index in [9.17, 15) is 8.42 Å². The van der Waals surface area contributed by atoms with Crippen molar-refractivity contribution < 1.29 is 8.42 Å². The minimum Gasteiger partial charge on any atom is -0.313 e. The summed E-state index contributed by atoms with van der Waals surface area (Å²) in [5.74, 6) is 0.461. The Morgan fingerprint density at radius 2 is 1.69 bits per heavy atom. The second kappa shape index (κ2) is 7.28. The first-order chi connectivity index (χ1) is 7.35. The van der Waals surface area contributed by atoms with Gasteiger partial charge in [-0.2, -0.15) is 0 Å². The number of sulfone groups is 1. The van der Waals surface area contributed by atoms with Crippen molar-refractivity contribution in [1.82, 2.24) is 5.32 Å². The molecule has 98 valence electrons. The summed E-state index contributed by atoms with van der Waals surface area (Å²) < 4.78 is 24.2. The highest BCUT2D eigenvalue weighted by Gasteiger charge is 2.26. The van der Waals surface area contributed by atoms with Crippen molar-refractivity contribution >= 4 is 9.84 Å². The topological polar surface area (TPSA) is 46.2 Å². The lowest BCUT2D eigenvalue weighted by Crippen LogP contribution is -2.39. The van der Waals surface area contributed by atoms with E-state index in [2.05, 4.69) is 12.2 Å². The summed E-state index contributed by atoms with van der Waals surface area (Å²) in [5, 5.41) is 3.01. The second-order valence-corrected chi connectivity index (χ2v) is 7.22. The van der Waals surface area contributed by atoms with Crippen LogP contribution in [0.4, 0.5) is 0 Å². The molecule has 2 unspecified atom stereocenters. The standard InChI is InChI=1S/C12H27NO2S/c1-6-8-12(13-7-2)9-16(14,15)11(5)10(3)4/h10-13H,6-9H2,1-5H3. The lowest BCUT2D eigenvalue weighted by Gasteiger charge is -2.22. The second-order valence-electron chi connectivity index (χ2n) is 4.82. The Balaban J connectivity index is 4.52. The predicted molar refractivity (Wildman–Crippen MR) is 70.5 cm³/mol. The summed E-state index contributed by atoms with van der Waals surface area (Å²) >= 11 is 0. The molecule has 16 heavy (non-hydrogen) atoms. The first kappa shape index (κ1) is 15.9. The fraction of sp³-hybridized carbons (Fsp3) is 1.00. The van der Waals surface area contributed by atoms with Crippen LogP contribution in [0.25, 0.3) is 0 Å². The van der Waals surface area contributed by atoms with Crippen LogP contribution in [0.15, 0.2) is 0 Å². The summed E-state index contributed by atoms with van der Waals surface area (Å²) in [6.07, 6.45) is 1.95. The van der Waals surface area contributed by atoms with Crippen molar-refractivity contribution in [3.8, 4) is 0 Å². The highest BCUT2D eigenvalue weighted by Crippen LogP contribution is 2.14. The van der Waals surface area contributed by atoms with Gasteiger partial charge in [-0.3, -0.25) is 0 Å². The van der Waals surface area contributed by atoms with Gasteiger partial charge in [0.2, 0.25) is 0 Å². The van der Waals surface area contributed by atoms with Gasteiger partial charge in [-0.1, -0.05) is 34.1 Å². The van der Waals surface area contributed by atoms with E-state index >= 15 is 0 Å².